The van der Waals surface area contributed by atoms with E-state index in [1.807, 2.05) is 6.92 Å². The lowest BCUT2D eigenvalue weighted by Gasteiger charge is -2.08. The summed E-state index contributed by atoms with van der Waals surface area (Å²) in [4.78, 5) is -0.0778. The van der Waals surface area contributed by atoms with Crippen LogP contribution in [-0.2, 0) is 10.0 Å². The minimum absolute atomic E-state index is 0.0399. The molecule has 0 atom stereocenters. The molecule has 0 aromatic heterocycles. The second kappa shape index (κ2) is 7.24. The van der Waals surface area contributed by atoms with E-state index < -0.39 is 22.4 Å². The van der Waals surface area contributed by atoms with E-state index in [9.17, 15) is 12.8 Å². The van der Waals surface area contributed by atoms with Crippen molar-refractivity contribution in [3.05, 3.63) is 29.6 Å². The van der Waals surface area contributed by atoms with Gasteiger partial charge < -0.3 is 5.11 Å². The molecule has 0 radical (unpaired) electrons. The molecule has 0 aliphatic carbocycles. The van der Waals surface area contributed by atoms with Gasteiger partial charge in [-0.1, -0.05) is 25.2 Å². The van der Waals surface area contributed by atoms with Crippen LogP contribution in [0, 0.1) is 17.7 Å². The van der Waals surface area contributed by atoms with Crippen LogP contribution in [0.25, 0.3) is 0 Å². The lowest BCUT2D eigenvalue weighted by atomic mass is 10.2. The van der Waals surface area contributed by atoms with Gasteiger partial charge >= 0.3 is 0 Å². The minimum atomic E-state index is -3.71. The molecule has 0 aliphatic heterocycles. The molecule has 6 heteroatoms. The van der Waals surface area contributed by atoms with Crippen molar-refractivity contribution in [2.24, 2.45) is 0 Å². The van der Waals surface area contributed by atoms with Crippen LogP contribution in [0.3, 0.4) is 0 Å². The second-order valence-electron chi connectivity index (χ2n) is 3.85. The van der Waals surface area contributed by atoms with Crippen LogP contribution in [0.4, 0.5) is 4.39 Å². The Hall–Kier alpha value is -1.42. The molecular formula is C13H16FNO3S. The van der Waals surface area contributed by atoms with Crippen molar-refractivity contribution in [3.8, 4) is 11.8 Å². The van der Waals surface area contributed by atoms with Gasteiger partial charge in [-0.3, -0.25) is 0 Å². The topological polar surface area (TPSA) is 66.4 Å². The zero-order valence-corrected chi connectivity index (χ0v) is 11.4. The smallest absolute Gasteiger partial charge is 0.241 e. The zero-order chi connectivity index (χ0) is 14.3. The summed E-state index contributed by atoms with van der Waals surface area (Å²) in [5.74, 6) is 4.19. The maximum atomic E-state index is 13.1. The first-order valence-corrected chi connectivity index (χ1v) is 7.38. The Morgan fingerprint density at radius 2 is 2.16 bits per heavy atom. The fourth-order valence-corrected chi connectivity index (χ4v) is 2.65. The van der Waals surface area contributed by atoms with Gasteiger partial charge in [-0.05, 0) is 24.6 Å². The molecule has 0 amide bonds. The van der Waals surface area contributed by atoms with Gasteiger partial charge in [-0.2, -0.15) is 0 Å². The van der Waals surface area contributed by atoms with E-state index in [0.717, 1.165) is 25.0 Å². The second-order valence-corrected chi connectivity index (χ2v) is 5.59. The molecule has 0 fully saturated rings. The van der Waals surface area contributed by atoms with Gasteiger partial charge in [0, 0.05) is 12.1 Å². The summed E-state index contributed by atoms with van der Waals surface area (Å²) in [6.07, 6.45) is 1.58. The summed E-state index contributed by atoms with van der Waals surface area (Å²) in [7, 11) is -3.71. The number of aliphatic hydroxyl groups is 1. The number of rotatable bonds is 5. The quantitative estimate of drug-likeness (QED) is 0.632. The van der Waals surface area contributed by atoms with E-state index in [1.165, 1.54) is 6.07 Å². The lowest BCUT2D eigenvalue weighted by molar-refractivity contribution is 0.350. The first kappa shape index (κ1) is 15.6. The highest BCUT2D eigenvalue weighted by Crippen LogP contribution is 2.16. The standard InChI is InChI=1S/C13H16FNO3S/c1-2-3-8-15-19(17,18)13-7-6-12(14)10-11(13)5-4-9-16/h6-7,10,15-16H,2-3,8-9H2,1H3. The fraction of sp³-hybridized carbons (Fsp3) is 0.385. The number of hydrogen-bond donors (Lipinski definition) is 2. The number of aliphatic hydroxyl groups excluding tert-OH is 1. The van der Waals surface area contributed by atoms with Crippen LogP contribution in [0.1, 0.15) is 25.3 Å². The Bertz CT molecular complexity index is 588. The summed E-state index contributed by atoms with van der Waals surface area (Å²) < 4.78 is 39.6. The summed E-state index contributed by atoms with van der Waals surface area (Å²) >= 11 is 0. The summed E-state index contributed by atoms with van der Waals surface area (Å²) in [6, 6.07) is 3.28. The van der Waals surface area contributed by atoms with E-state index in [1.54, 1.807) is 0 Å². The Labute approximate surface area is 112 Å². The van der Waals surface area contributed by atoms with Crippen molar-refractivity contribution in [1.82, 2.24) is 4.72 Å². The maximum Gasteiger partial charge on any atom is 0.241 e. The van der Waals surface area contributed by atoms with Crippen LogP contribution >= 0.6 is 0 Å². The van der Waals surface area contributed by atoms with Crippen molar-refractivity contribution < 1.29 is 17.9 Å². The Morgan fingerprint density at radius 3 is 2.79 bits per heavy atom. The average molecular weight is 285 g/mol. The highest BCUT2D eigenvalue weighted by atomic mass is 32.2. The average Bonchev–Trinajstić information content (AvgIpc) is 2.36. The molecule has 0 unspecified atom stereocenters. The number of nitrogens with one attached hydrogen (secondary N) is 1. The summed E-state index contributed by atoms with van der Waals surface area (Å²) in [5.41, 5.74) is 0.0399. The van der Waals surface area contributed by atoms with Gasteiger partial charge in [0.1, 0.15) is 12.4 Å². The number of unbranched alkanes of at least 4 members (excludes halogenated alkanes) is 1. The van der Waals surface area contributed by atoms with Gasteiger partial charge in [0.15, 0.2) is 0 Å². The third kappa shape index (κ3) is 4.63. The largest absolute Gasteiger partial charge is 0.384 e. The highest BCUT2D eigenvalue weighted by molar-refractivity contribution is 7.89. The van der Waals surface area contributed by atoms with Gasteiger partial charge in [0.25, 0.3) is 0 Å². The van der Waals surface area contributed by atoms with Crippen molar-refractivity contribution in [2.45, 2.75) is 24.7 Å². The van der Waals surface area contributed by atoms with E-state index in [-0.39, 0.29) is 10.5 Å². The molecule has 0 saturated carbocycles. The number of benzene rings is 1. The van der Waals surface area contributed by atoms with Gasteiger partial charge in [0.05, 0.1) is 4.90 Å². The van der Waals surface area contributed by atoms with Crippen molar-refractivity contribution in [1.29, 1.82) is 0 Å². The fourth-order valence-electron chi connectivity index (χ4n) is 1.43. The van der Waals surface area contributed by atoms with Crippen LogP contribution < -0.4 is 4.72 Å². The molecule has 104 valence electrons. The molecule has 1 rings (SSSR count). The van der Waals surface area contributed by atoms with Crippen LogP contribution in [0.5, 0.6) is 0 Å². The molecule has 0 bridgehead atoms. The third-order valence-electron chi connectivity index (χ3n) is 2.36. The van der Waals surface area contributed by atoms with Crippen molar-refractivity contribution >= 4 is 10.0 Å². The first-order chi connectivity index (χ1) is 9.01. The van der Waals surface area contributed by atoms with E-state index in [4.69, 9.17) is 5.11 Å². The molecule has 2 N–H and O–H groups in total. The minimum Gasteiger partial charge on any atom is -0.384 e. The SMILES string of the molecule is CCCCNS(=O)(=O)c1ccc(F)cc1C#CCO. The molecule has 0 saturated heterocycles. The zero-order valence-electron chi connectivity index (χ0n) is 10.6. The Kier molecular flexibility index (Phi) is 5.96. The van der Waals surface area contributed by atoms with E-state index in [0.29, 0.717) is 6.54 Å². The van der Waals surface area contributed by atoms with Crippen LogP contribution in [-0.4, -0.2) is 26.7 Å². The first-order valence-electron chi connectivity index (χ1n) is 5.90. The number of sulfonamides is 1. The predicted octanol–water partition coefficient (Wildman–Crippen LogP) is 1.25. The van der Waals surface area contributed by atoms with Crippen LogP contribution in [0.2, 0.25) is 0 Å². The predicted molar refractivity (Wildman–Crippen MR) is 70.5 cm³/mol. The molecule has 0 aliphatic rings. The van der Waals surface area contributed by atoms with Crippen molar-refractivity contribution in [3.63, 3.8) is 0 Å². The Balaban J connectivity index is 3.11. The molecule has 1 aromatic carbocycles. The number of hydrogen-bond acceptors (Lipinski definition) is 3. The van der Waals surface area contributed by atoms with E-state index in [2.05, 4.69) is 16.6 Å². The lowest BCUT2D eigenvalue weighted by Crippen LogP contribution is -2.25. The summed E-state index contributed by atoms with van der Waals surface area (Å²) in [5, 5.41) is 8.63. The van der Waals surface area contributed by atoms with Gasteiger partial charge in [-0.25, -0.2) is 17.5 Å². The monoisotopic (exact) mass is 285 g/mol. The highest BCUT2D eigenvalue weighted by Gasteiger charge is 2.17. The number of halogens is 1. The summed E-state index contributed by atoms with van der Waals surface area (Å²) in [6.45, 7) is 1.85. The van der Waals surface area contributed by atoms with E-state index >= 15 is 0 Å². The van der Waals surface area contributed by atoms with Crippen molar-refractivity contribution in [2.75, 3.05) is 13.2 Å². The van der Waals surface area contributed by atoms with Crippen LogP contribution in [0.15, 0.2) is 23.1 Å². The third-order valence-corrected chi connectivity index (χ3v) is 3.87. The van der Waals surface area contributed by atoms with Gasteiger partial charge in [-0.15, -0.1) is 0 Å². The molecule has 4 nitrogen and oxygen atoms in total. The molecule has 19 heavy (non-hydrogen) atoms. The molecule has 1 aromatic rings. The molecule has 0 heterocycles. The Morgan fingerprint density at radius 1 is 1.42 bits per heavy atom. The maximum absolute atomic E-state index is 13.1. The molecule has 0 spiro atoms. The molecular weight excluding hydrogens is 269 g/mol. The van der Waals surface area contributed by atoms with Gasteiger partial charge in [0.2, 0.25) is 10.0 Å². The normalized spacial score (nSPS) is 10.9.